The number of hydrogen-bond acceptors (Lipinski definition) is 5. The van der Waals surface area contributed by atoms with E-state index in [0.717, 1.165) is 0 Å². The lowest BCUT2D eigenvalue weighted by molar-refractivity contribution is -0.189. The van der Waals surface area contributed by atoms with Crippen LogP contribution in [0.25, 0.3) is 0 Å². The molecular weight excluding hydrogens is 210 g/mol. The first-order chi connectivity index (χ1) is 7.69. The maximum absolute atomic E-state index is 9.94. The van der Waals surface area contributed by atoms with Crippen molar-refractivity contribution < 1.29 is 14.6 Å². The minimum Gasteiger partial charge on any atom is -0.387 e. The van der Waals surface area contributed by atoms with Crippen LogP contribution < -0.4 is 0 Å². The summed E-state index contributed by atoms with van der Waals surface area (Å²) in [6, 6.07) is 0. The van der Waals surface area contributed by atoms with Crippen molar-refractivity contribution in [1.29, 1.82) is 0 Å². The quantitative estimate of drug-likeness (QED) is 0.672. The number of aryl methyl sites for hydroxylation is 1. The second-order valence-electron chi connectivity index (χ2n) is 3.35. The summed E-state index contributed by atoms with van der Waals surface area (Å²) in [5.41, 5.74) is 0. The first-order valence-electron chi connectivity index (χ1n) is 5.43. The van der Waals surface area contributed by atoms with Crippen molar-refractivity contribution >= 4 is 0 Å². The summed E-state index contributed by atoms with van der Waals surface area (Å²) in [6.45, 7) is 4.73. The van der Waals surface area contributed by atoms with Crippen molar-refractivity contribution in [3.8, 4) is 0 Å². The molecule has 1 heterocycles. The van der Waals surface area contributed by atoms with Gasteiger partial charge in [-0.3, -0.25) is 4.68 Å². The Kier molecular flexibility index (Phi) is 5.37. The van der Waals surface area contributed by atoms with E-state index >= 15 is 0 Å². The van der Waals surface area contributed by atoms with Crippen molar-refractivity contribution in [1.82, 2.24) is 14.8 Å². The summed E-state index contributed by atoms with van der Waals surface area (Å²) in [6.07, 6.45) is 0.481. The minimum atomic E-state index is -0.734. The maximum Gasteiger partial charge on any atom is 0.183 e. The van der Waals surface area contributed by atoms with Gasteiger partial charge in [0.1, 0.15) is 18.3 Å². The lowest BCUT2D eigenvalue weighted by atomic mass is 10.2. The van der Waals surface area contributed by atoms with Gasteiger partial charge in [-0.2, -0.15) is 5.10 Å². The first kappa shape index (κ1) is 13.1. The van der Waals surface area contributed by atoms with E-state index in [-0.39, 0.29) is 0 Å². The van der Waals surface area contributed by atoms with E-state index in [4.69, 9.17) is 9.47 Å². The van der Waals surface area contributed by atoms with Crippen LogP contribution in [0.1, 0.15) is 19.7 Å². The highest BCUT2D eigenvalue weighted by Crippen LogP contribution is 2.07. The predicted octanol–water partition coefficient (Wildman–Crippen LogP) is 0.118. The molecule has 0 saturated carbocycles. The average molecular weight is 229 g/mol. The van der Waals surface area contributed by atoms with Crippen molar-refractivity contribution in [2.75, 3.05) is 13.2 Å². The summed E-state index contributed by atoms with van der Waals surface area (Å²) in [5.74, 6) is 0.705. The Morgan fingerprint density at radius 1 is 1.38 bits per heavy atom. The van der Waals surface area contributed by atoms with E-state index < -0.39 is 12.4 Å². The molecule has 0 radical (unpaired) electrons. The van der Waals surface area contributed by atoms with Gasteiger partial charge in [-0.05, 0) is 13.8 Å². The minimum absolute atomic E-state index is 0.362. The molecule has 0 spiro atoms. The number of hydrogen-bond donors (Lipinski definition) is 1. The van der Waals surface area contributed by atoms with Gasteiger partial charge in [-0.25, -0.2) is 4.98 Å². The van der Waals surface area contributed by atoms with E-state index in [1.54, 1.807) is 11.7 Å². The number of rotatable bonds is 7. The molecule has 1 rings (SSSR count). The van der Waals surface area contributed by atoms with Gasteiger partial charge in [0.05, 0.1) is 0 Å². The fourth-order valence-electron chi connectivity index (χ4n) is 1.39. The largest absolute Gasteiger partial charge is 0.387 e. The Balaban J connectivity index is 2.54. The molecule has 0 saturated heterocycles. The van der Waals surface area contributed by atoms with E-state index in [0.29, 0.717) is 25.5 Å². The predicted molar refractivity (Wildman–Crippen MR) is 57.8 cm³/mol. The molecule has 0 aliphatic carbocycles. The number of ether oxygens (including phenoxy) is 2. The molecule has 0 aromatic carbocycles. The van der Waals surface area contributed by atoms with Crippen molar-refractivity contribution in [2.45, 2.75) is 32.7 Å². The van der Waals surface area contributed by atoms with Crippen LogP contribution >= 0.6 is 0 Å². The van der Waals surface area contributed by atoms with Crippen molar-refractivity contribution in [2.24, 2.45) is 7.05 Å². The normalized spacial score (nSPS) is 13.3. The van der Waals surface area contributed by atoms with Crippen LogP contribution in [0.2, 0.25) is 0 Å². The van der Waals surface area contributed by atoms with Gasteiger partial charge in [0.2, 0.25) is 0 Å². The molecule has 92 valence electrons. The Morgan fingerprint density at radius 3 is 2.44 bits per heavy atom. The zero-order valence-corrected chi connectivity index (χ0v) is 9.96. The van der Waals surface area contributed by atoms with Crippen LogP contribution in [0.15, 0.2) is 6.33 Å². The third-order valence-corrected chi connectivity index (χ3v) is 2.17. The summed E-state index contributed by atoms with van der Waals surface area (Å²) in [7, 11) is 1.78. The Hall–Kier alpha value is -0.980. The molecule has 0 fully saturated rings. The summed E-state index contributed by atoms with van der Waals surface area (Å²) < 4.78 is 12.2. The lowest BCUT2D eigenvalue weighted by Crippen LogP contribution is -2.34. The second-order valence-corrected chi connectivity index (χ2v) is 3.35. The molecule has 1 N–H and O–H groups in total. The first-order valence-corrected chi connectivity index (χ1v) is 5.43. The summed E-state index contributed by atoms with van der Waals surface area (Å²) in [5, 5.41) is 13.9. The Bertz CT molecular complexity index is 297. The highest BCUT2D eigenvalue weighted by Gasteiger charge is 2.21. The highest BCUT2D eigenvalue weighted by molar-refractivity contribution is 4.87. The van der Waals surface area contributed by atoms with Gasteiger partial charge >= 0.3 is 0 Å². The zero-order chi connectivity index (χ0) is 12.0. The average Bonchev–Trinajstić information content (AvgIpc) is 2.64. The zero-order valence-electron chi connectivity index (χ0n) is 9.96. The molecule has 1 atom stereocenters. The van der Waals surface area contributed by atoms with Gasteiger partial charge in [-0.1, -0.05) is 0 Å². The van der Waals surface area contributed by atoms with E-state index in [9.17, 15) is 5.11 Å². The Morgan fingerprint density at radius 2 is 2.00 bits per heavy atom. The van der Waals surface area contributed by atoms with Gasteiger partial charge in [0.25, 0.3) is 0 Å². The maximum atomic E-state index is 9.94. The van der Waals surface area contributed by atoms with Gasteiger partial charge in [0.15, 0.2) is 6.29 Å². The number of aliphatic hydroxyl groups is 1. The molecule has 0 amide bonds. The standard InChI is InChI=1S/C10H19N3O3/c1-4-15-10(16-5-2)8(14)6-9-11-7-12-13(9)3/h7-8,10,14H,4-6H2,1-3H3. The molecule has 0 bridgehead atoms. The summed E-state index contributed by atoms with van der Waals surface area (Å²) >= 11 is 0. The molecule has 1 aromatic heterocycles. The highest BCUT2D eigenvalue weighted by atomic mass is 16.7. The fraction of sp³-hybridized carbons (Fsp3) is 0.800. The topological polar surface area (TPSA) is 69.4 Å². The van der Waals surface area contributed by atoms with Gasteiger partial charge in [-0.15, -0.1) is 0 Å². The molecular formula is C10H19N3O3. The van der Waals surface area contributed by atoms with Crippen LogP contribution in [0.5, 0.6) is 0 Å². The molecule has 6 heteroatoms. The van der Waals surface area contributed by atoms with Gasteiger partial charge in [0, 0.05) is 26.7 Å². The molecule has 0 aliphatic heterocycles. The number of aromatic nitrogens is 3. The monoisotopic (exact) mass is 229 g/mol. The van der Waals surface area contributed by atoms with Crippen LogP contribution in [0.4, 0.5) is 0 Å². The summed E-state index contributed by atoms with van der Waals surface area (Å²) in [4.78, 5) is 4.04. The van der Waals surface area contributed by atoms with Crippen molar-refractivity contribution in [3.63, 3.8) is 0 Å². The number of aliphatic hydroxyl groups excluding tert-OH is 1. The van der Waals surface area contributed by atoms with Crippen LogP contribution in [0.3, 0.4) is 0 Å². The Labute approximate surface area is 95.2 Å². The van der Waals surface area contributed by atoms with Crippen molar-refractivity contribution in [3.05, 3.63) is 12.2 Å². The third kappa shape index (κ3) is 3.55. The molecule has 16 heavy (non-hydrogen) atoms. The van der Waals surface area contributed by atoms with Crippen LogP contribution in [-0.4, -0.2) is 45.5 Å². The lowest BCUT2D eigenvalue weighted by Gasteiger charge is -2.22. The third-order valence-electron chi connectivity index (χ3n) is 2.17. The smallest absolute Gasteiger partial charge is 0.183 e. The molecule has 6 nitrogen and oxygen atoms in total. The van der Waals surface area contributed by atoms with E-state index in [1.165, 1.54) is 6.33 Å². The van der Waals surface area contributed by atoms with Crippen LogP contribution in [0, 0.1) is 0 Å². The van der Waals surface area contributed by atoms with E-state index in [2.05, 4.69) is 10.1 Å². The van der Waals surface area contributed by atoms with Crippen LogP contribution in [-0.2, 0) is 22.9 Å². The molecule has 0 aliphatic rings. The fourth-order valence-corrected chi connectivity index (χ4v) is 1.39. The SMILES string of the molecule is CCOC(OCC)C(O)Cc1ncnn1C. The second kappa shape index (κ2) is 6.57. The molecule has 1 unspecified atom stereocenters. The number of nitrogens with zero attached hydrogens (tertiary/aromatic N) is 3. The van der Waals surface area contributed by atoms with E-state index in [1.807, 2.05) is 13.8 Å². The van der Waals surface area contributed by atoms with Gasteiger partial charge < -0.3 is 14.6 Å². The molecule has 1 aromatic rings.